The molecule has 298 valence electrons. The molecule has 1 unspecified atom stereocenters. The lowest BCUT2D eigenvalue weighted by Crippen LogP contribution is -2.61. The fraction of sp³-hybridized carbons (Fsp3) is 0.605. The van der Waals surface area contributed by atoms with Crippen LogP contribution in [-0.4, -0.2) is 78.4 Å². The van der Waals surface area contributed by atoms with Gasteiger partial charge < -0.3 is 15.4 Å². The van der Waals surface area contributed by atoms with Gasteiger partial charge in [-0.15, -0.1) is 0 Å². The van der Waals surface area contributed by atoms with Crippen LogP contribution in [0.4, 0.5) is 10.5 Å². The predicted molar refractivity (Wildman–Crippen MR) is 206 cm³/mol. The molecule has 0 aromatic heterocycles. The number of piperidine rings is 1. The highest BCUT2D eigenvalue weighted by Crippen LogP contribution is 2.46. The molecule has 2 fully saturated rings. The summed E-state index contributed by atoms with van der Waals surface area (Å²) in [5, 5.41) is 21.1. The van der Waals surface area contributed by atoms with Gasteiger partial charge in [-0.25, -0.2) is 18.2 Å². The van der Waals surface area contributed by atoms with Crippen LogP contribution < -0.4 is 21.4 Å². The Hall–Kier alpha value is -3.79. The van der Waals surface area contributed by atoms with Gasteiger partial charge in [0.25, 0.3) is 11.6 Å². The van der Waals surface area contributed by atoms with Crippen LogP contribution in [0.5, 0.6) is 0 Å². The zero-order chi connectivity index (χ0) is 39.9. The number of nitro groups is 1. The van der Waals surface area contributed by atoms with E-state index in [-0.39, 0.29) is 18.2 Å². The van der Waals surface area contributed by atoms with E-state index in [2.05, 4.69) is 21.4 Å². The van der Waals surface area contributed by atoms with Crippen LogP contribution in [0.15, 0.2) is 53.4 Å². The van der Waals surface area contributed by atoms with Crippen LogP contribution in [0.2, 0.25) is 5.02 Å². The highest BCUT2D eigenvalue weighted by molar-refractivity contribution is 7.92. The topological polar surface area (TPSA) is 189 Å². The van der Waals surface area contributed by atoms with Crippen molar-refractivity contribution >= 4 is 45.0 Å². The zero-order valence-corrected chi connectivity index (χ0v) is 33.6. The van der Waals surface area contributed by atoms with Gasteiger partial charge in [-0.1, -0.05) is 55.1 Å². The summed E-state index contributed by atoms with van der Waals surface area (Å²) < 4.78 is 33.8. The monoisotopic (exact) mass is 790 g/mol. The molecule has 0 radical (unpaired) electrons. The quantitative estimate of drug-likeness (QED) is 0.145. The van der Waals surface area contributed by atoms with Gasteiger partial charge in [0, 0.05) is 29.7 Å². The van der Waals surface area contributed by atoms with E-state index in [1.165, 1.54) is 12.1 Å². The van der Waals surface area contributed by atoms with E-state index in [1.807, 2.05) is 20.8 Å². The molecular weight excluding hydrogens is 736 g/mol. The summed E-state index contributed by atoms with van der Waals surface area (Å²) in [6.07, 6.45) is 5.42. The third-order valence-corrected chi connectivity index (χ3v) is 12.1. The van der Waals surface area contributed by atoms with Gasteiger partial charge in [0.2, 0.25) is 15.7 Å². The number of carbonyl (C=O) groups excluding carboxylic acids is 3. The highest BCUT2D eigenvalue weighted by Gasteiger charge is 2.48. The smallest absolute Gasteiger partial charge is 0.407 e. The second kappa shape index (κ2) is 17.8. The first-order chi connectivity index (χ1) is 25.2. The van der Waals surface area contributed by atoms with Crippen molar-refractivity contribution in [1.82, 2.24) is 26.4 Å². The number of benzene rings is 2. The number of hydrogen-bond donors (Lipinski definition) is 4. The molecule has 54 heavy (non-hydrogen) atoms. The summed E-state index contributed by atoms with van der Waals surface area (Å²) >= 11 is 6.13. The van der Waals surface area contributed by atoms with Crippen LogP contribution in [0, 0.1) is 21.4 Å². The number of ether oxygens (including phenoxy) is 1. The van der Waals surface area contributed by atoms with E-state index in [1.54, 1.807) is 50.0 Å². The van der Waals surface area contributed by atoms with E-state index in [4.69, 9.17) is 16.3 Å². The fourth-order valence-electron chi connectivity index (χ4n) is 7.25. The van der Waals surface area contributed by atoms with Crippen molar-refractivity contribution in [3.63, 3.8) is 0 Å². The average Bonchev–Trinajstić information content (AvgIpc) is 3.09. The summed E-state index contributed by atoms with van der Waals surface area (Å²) in [6.45, 7) is 11.1. The van der Waals surface area contributed by atoms with E-state index in [0.29, 0.717) is 36.5 Å². The number of hydrazine groups is 1. The molecule has 0 bridgehead atoms. The number of hydrogen-bond acceptors (Lipinski definition) is 10. The maximum atomic E-state index is 14.2. The Kier molecular flexibility index (Phi) is 14.1. The van der Waals surface area contributed by atoms with Crippen molar-refractivity contribution in [2.24, 2.45) is 11.3 Å². The molecule has 1 saturated heterocycles. The molecule has 1 saturated carbocycles. The first-order valence-electron chi connectivity index (χ1n) is 18.5. The van der Waals surface area contributed by atoms with Crippen LogP contribution in [0.3, 0.4) is 0 Å². The van der Waals surface area contributed by atoms with Gasteiger partial charge in [-0.2, -0.15) is 0 Å². The number of sulfone groups is 1. The van der Waals surface area contributed by atoms with E-state index < -0.39 is 71.9 Å². The number of para-hydroxylation sites is 1. The van der Waals surface area contributed by atoms with Crippen LogP contribution in [0.25, 0.3) is 0 Å². The van der Waals surface area contributed by atoms with Crippen LogP contribution in [-0.2, 0) is 30.6 Å². The standard InChI is InChI=1S/C38H55ClN6O8S/c1-36(2,3)42-34(47)38(27-12-8-7-9-13-27)20-22-44(23-21-38)43-33(46)29(24-26-16-18-28(39)19-17-26)41-32(25-40-35(48)53-37(4,5)6)54(51,52)31-15-11-10-14-30(31)45(49)50/h10-11,14-19,27,29,32,41H,7-9,12-13,20-25H2,1-6H3,(H,40,48)(H,42,47)(H,43,46)/t29-,32?/m1/s1. The van der Waals surface area contributed by atoms with Gasteiger partial charge in [0.05, 0.1) is 22.9 Å². The van der Waals surface area contributed by atoms with Gasteiger partial charge in [-0.3, -0.25) is 30.4 Å². The molecule has 4 rings (SSSR count). The summed E-state index contributed by atoms with van der Waals surface area (Å²) in [4.78, 5) is 51.4. The largest absolute Gasteiger partial charge is 0.444 e. The van der Waals surface area contributed by atoms with Crippen LogP contribution in [0.1, 0.15) is 92.1 Å². The predicted octanol–water partition coefficient (Wildman–Crippen LogP) is 5.68. The molecule has 4 N–H and O–H groups in total. The number of halogens is 1. The number of amides is 3. The summed E-state index contributed by atoms with van der Waals surface area (Å²) in [5.41, 5.74) is 1.10. The van der Waals surface area contributed by atoms with Crippen molar-refractivity contribution in [2.75, 3.05) is 19.6 Å². The molecule has 1 aliphatic heterocycles. The number of rotatable bonds is 13. The second-order valence-corrected chi connectivity index (χ2v) is 18.9. The minimum absolute atomic E-state index is 0.00613. The van der Waals surface area contributed by atoms with Gasteiger partial charge >= 0.3 is 6.09 Å². The van der Waals surface area contributed by atoms with Gasteiger partial charge in [0.1, 0.15) is 15.9 Å². The fourth-order valence-corrected chi connectivity index (χ4v) is 9.03. The van der Waals surface area contributed by atoms with Gasteiger partial charge in [0.15, 0.2) is 0 Å². The van der Waals surface area contributed by atoms with E-state index >= 15 is 0 Å². The van der Waals surface area contributed by atoms with Crippen molar-refractivity contribution in [2.45, 2.75) is 120 Å². The second-order valence-electron chi connectivity index (χ2n) is 16.3. The minimum Gasteiger partial charge on any atom is -0.444 e. The molecule has 2 atom stereocenters. The Morgan fingerprint density at radius 1 is 0.981 bits per heavy atom. The molecule has 0 spiro atoms. The molecule has 14 nitrogen and oxygen atoms in total. The van der Waals surface area contributed by atoms with Crippen molar-refractivity contribution in [3.05, 3.63) is 69.2 Å². The Labute approximate surface area is 323 Å². The number of carbonyl (C=O) groups is 3. The summed E-state index contributed by atoms with van der Waals surface area (Å²) in [6, 6.07) is 10.4. The Morgan fingerprint density at radius 2 is 1.59 bits per heavy atom. The highest BCUT2D eigenvalue weighted by atomic mass is 35.5. The maximum Gasteiger partial charge on any atom is 0.407 e. The summed E-state index contributed by atoms with van der Waals surface area (Å²) in [5.74, 6) is -0.291. The molecule has 2 aromatic carbocycles. The summed E-state index contributed by atoms with van der Waals surface area (Å²) in [7, 11) is -4.61. The Balaban J connectivity index is 1.63. The molecule has 1 heterocycles. The first kappa shape index (κ1) is 42.9. The zero-order valence-electron chi connectivity index (χ0n) is 32.1. The number of alkyl carbamates (subject to hydrolysis) is 1. The molecule has 16 heteroatoms. The average molecular weight is 791 g/mol. The SMILES string of the molecule is CC(C)(C)NC(=O)C1(C2CCCCC2)CCN(NC(=O)[C@@H](Cc2ccc(Cl)cc2)NC(CNC(=O)OC(C)(C)C)S(=O)(=O)c2ccccc2[N+](=O)[O-])CC1. The van der Waals surface area contributed by atoms with E-state index in [0.717, 1.165) is 44.2 Å². The third kappa shape index (κ3) is 11.6. The molecular formula is C38H55ClN6O8S. The lowest BCUT2D eigenvalue weighted by Gasteiger charge is -2.47. The van der Waals surface area contributed by atoms with E-state index in [9.17, 15) is 32.9 Å². The normalized spacial score (nSPS) is 18.2. The molecule has 2 aromatic rings. The third-order valence-electron chi connectivity index (χ3n) is 9.88. The molecule has 1 aliphatic carbocycles. The number of nitro benzene ring substituents is 1. The minimum atomic E-state index is -4.61. The van der Waals surface area contributed by atoms with Gasteiger partial charge in [-0.05, 0) is 103 Å². The first-order valence-corrected chi connectivity index (χ1v) is 20.5. The molecule has 2 aliphatic rings. The van der Waals surface area contributed by atoms with Crippen molar-refractivity contribution in [3.8, 4) is 0 Å². The van der Waals surface area contributed by atoms with Crippen molar-refractivity contribution < 1.29 is 32.5 Å². The maximum absolute atomic E-state index is 14.2. The van der Waals surface area contributed by atoms with Crippen LogP contribution >= 0.6 is 11.6 Å². The van der Waals surface area contributed by atoms with Crippen molar-refractivity contribution in [1.29, 1.82) is 0 Å². The molecule has 3 amide bonds. The number of nitrogens with zero attached hydrogens (tertiary/aromatic N) is 2. The Bertz CT molecular complexity index is 1750. The lowest BCUT2D eigenvalue weighted by atomic mass is 9.63. The lowest BCUT2D eigenvalue weighted by molar-refractivity contribution is -0.387. The Morgan fingerprint density at radius 3 is 2.17 bits per heavy atom. The number of nitrogens with one attached hydrogen (secondary N) is 4.